The standard InChI is InChI=1S/C21H34N6O.HI/c1-5-11-23-21(24-17-20(28)25(2)3)26(4)14-8-18-9-15-27(16-10-18)19-6-12-22-13-7-19;/h5-7,12-13,18H,1,8-11,14-17H2,2-4H3,(H,23,24);1H. The number of hydrogen-bond acceptors (Lipinski definition) is 4. The van der Waals surface area contributed by atoms with Crippen LogP contribution in [0.15, 0.2) is 42.2 Å². The van der Waals surface area contributed by atoms with Crippen molar-refractivity contribution in [3.05, 3.63) is 37.2 Å². The van der Waals surface area contributed by atoms with Crippen molar-refractivity contribution in [2.75, 3.05) is 58.8 Å². The lowest BCUT2D eigenvalue weighted by Crippen LogP contribution is -2.41. The van der Waals surface area contributed by atoms with Crippen LogP contribution in [0.1, 0.15) is 19.3 Å². The first kappa shape index (κ1) is 25.2. The van der Waals surface area contributed by atoms with Crippen molar-refractivity contribution in [2.45, 2.75) is 19.3 Å². The van der Waals surface area contributed by atoms with Crippen LogP contribution in [0.4, 0.5) is 5.69 Å². The molecular formula is C21H35IN6O. The van der Waals surface area contributed by atoms with Gasteiger partial charge in [-0.05, 0) is 37.3 Å². The van der Waals surface area contributed by atoms with E-state index in [1.807, 2.05) is 19.4 Å². The minimum atomic E-state index is -0.00483. The number of anilines is 1. The van der Waals surface area contributed by atoms with Gasteiger partial charge in [-0.15, -0.1) is 30.6 Å². The zero-order valence-electron chi connectivity index (χ0n) is 17.9. The van der Waals surface area contributed by atoms with Crippen LogP contribution in [-0.4, -0.2) is 80.5 Å². The molecular weight excluding hydrogens is 479 g/mol. The summed E-state index contributed by atoms with van der Waals surface area (Å²) < 4.78 is 0. The number of amides is 1. The number of rotatable bonds is 8. The van der Waals surface area contributed by atoms with Crippen LogP contribution < -0.4 is 10.2 Å². The maximum absolute atomic E-state index is 11.8. The lowest BCUT2D eigenvalue weighted by Gasteiger charge is -2.34. The van der Waals surface area contributed by atoms with E-state index in [1.165, 1.54) is 18.5 Å². The highest BCUT2D eigenvalue weighted by Gasteiger charge is 2.20. The van der Waals surface area contributed by atoms with E-state index < -0.39 is 0 Å². The predicted octanol–water partition coefficient (Wildman–Crippen LogP) is 2.46. The molecule has 162 valence electrons. The third-order valence-electron chi connectivity index (χ3n) is 5.14. The maximum atomic E-state index is 11.8. The van der Waals surface area contributed by atoms with E-state index >= 15 is 0 Å². The second-order valence-corrected chi connectivity index (χ2v) is 7.44. The highest BCUT2D eigenvalue weighted by atomic mass is 127. The molecule has 7 nitrogen and oxygen atoms in total. The lowest BCUT2D eigenvalue weighted by atomic mass is 9.93. The minimum Gasteiger partial charge on any atom is -0.371 e. The van der Waals surface area contributed by atoms with Crippen molar-refractivity contribution in [1.82, 2.24) is 20.1 Å². The Morgan fingerprint density at radius 3 is 2.55 bits per heavy atom. The van der Waals surface area contributed by atoms with Gasteiger partial charge in [0.1, 0.15) is 6.54 Å². The normalized spacial score (nSPS) is 14.7. The Hall–Kier alpha value is -1.84. The number of halogens is 1. The molecule has 0 aromatic carbocycles. The first-order valence-corrected chi connectivity index (χ1v) is 9.96. The number of hydrogen-bond donors (Lipinski definition) is 1. The fraction of sp³-hybridized carbons (Fsp3) is 0.571. The Bertz CT molecular complexity index is 644. The zero-order valence-corrected chi connectivity index (χ0v) is 20.2. The molecule has 1 amide bonds. The summed E-state index contributed by atoms with van der Waals surface area (Å²) in [6.07, 6.45) is 9.02. The first-order valence-electron chi connectivity index (χ1n) is 9.96. The molecule has 0 atom stereocenters. The third kappa shape index (κ3) is 8.59. The number of nitrogens with zero attached hydrogens (tertiary/aromatic N) is 5. The highest BCUT2D eigenvalue weighted by molar-refractivity contribution is 14.0. The minimum absolute atomic E-state index is 0. The Labute approximate surface area is 192 Å². The number of aromatic nitrogens is 1. The predicted molar refractivity (Wildman–Crippen MR) is 131 cm³/mol. The van der Waals surface area contributed by atoms with Crippen LogP contribution >= 0.6 is 24.0 Å². The molecule has 0 bridgehead atoms. The molecule has 1 aromatic rings. The largest absolute Gasteiger partial charge is 0.371 e. The van der Waals surface area contributed by atoms with Crippen molar-refractivity contribution < 1.29 is 4.79 Å². The van der Waals surface area contributed by atoms with Gasteiger partial charge in [0.05, 0.1) is 0 Å². The summed E-state index contributed by atoms with van der Waals surface area (Å²) in [5.41, 5.74) is 1.26. The van der Waals surface area contributed by atoms with E-state index in [1.54, 1.807) is 25.1 Å². The van der Waals surface area contributed by atoms with E-state index in [-0.39, 0.29) is 36.4 Å². The average Bonchev–Trinajstić information content (AvgIpc) is 2.72. The van der Waals surface area contributed by atoms with Crippen LogP contribution in [0.5, 0.6) is 0 Å². The van der Waals surface area contributed by atoms with Crippen LogP contribution in [0.2, 0.25) is 0 Å². The van der Waals surface area contributed by atoms with Gasteiger partial charge in [-0.3, -0.25) is 9.78 Å². The summed E-state index contributed by atoms with van der Waals surface area (Å²) in [7, 11) is 5.52. The number of likely N-dealkylation sites (N-methyl/N-ethyl adjacent to an activating group) is 1. The van der Waals surface area contributed by atoms with Gasteiger partial charge in [0.25, 0.3) is 0 Å². The Kier molecular flexibility index (Phi) is 11.6. The maximum Gasteiger partial charge on any atom is 0.243 e. The first-order chi connectivity index (χ1) is 13.5. The summed E-state index contributed by atoms with van der Waals surface area (Å²) in [4.78, 5) is 26.5. The fourth-order valence-corrected chi connectivity index (χ4v) is 3.28. The second kappa shape index (κ2) is 13.4. The third-order valence-corrected chi connectivity index (χ3v) is 5.14. The van der Waals surface area contributed by atoms with Crippen molar-refractivity contribution in [3.8, 4) is 0 Å². The van der Waals surface area contributed by atoms with Gasteiger partial charge < -0.3 is 20.0 Å². The molecule has 1 aliphatic heterocycles. The molecule has 0 aliphatic carbocycles. The molecule has 0 radical (unpaired) electrons. The number of pyridine rings is 1. The molecule has 0 unspecified atom stereocenters. The van der Waals surface area contributed by atoms with Crippen LogP contribution in [-0.2, 0) is 4.79 Å². The zero-order chi connectivity index (χ0) is 20.4. The Morgan fingerprint density at radius 2 is 1.97 bits per heavy atom. The molecule has 0 spiro atoms. The summed E-state index contributed by atoms with van der Waals surface area (Å²) in [5, 5.41) is 3.25. The van der Waals surface area contributed by atoms with Crippen LogP contribution in [0.25, 0.3) is 0 Å². The average molecular weight is 514 g/mol. The number of nitrogens with one attached hydrogen (secondary N) is 1. The molecule has 0 saturated carbocycles. The van der Waals surface area contributed by atoms with Gasteiger partial charge in [0.15, 0.2) is 5.96 Å². The second-order valence-electron chi connectivity index (χ2n) is 7.44. The number of carbonyl (C=O) groups excluding carboxylic acids is 1. The van der Waals surface area contributed by atoms with Gasteiger partial charge in [0, 0.05) is 65.4 Å². The van der Waals surface area contributed by atoms with Gasteiger partial charge in [-0.1, -0.05) is 6.08 Å². The summed E-state index contributed by atoms with van der Waals surface area (Å²) in [6, 6.07) is 4.16. The van der Waals surface area contributed by atoms with Crippen LogP contribution in [0.3, 0.4) is 0 Å². The number of aliphatic imine (C=N–C) groups is 1. The molecule has 8 heteroatoms. The molecule has 1 aromatic heterocycles. The van der Waals surface area contributed by atoms with E-state index in [2.05, 4.69) is 43.8 Å². The summed E-state index contributed by atoms with van der Waals surface area (Å²) >= 11 is 0. The molecule has 2 rings (SSSR count). The molecule has 1 fully saturated rings. The summed E-state index contributed by atoms with van der Waals surface area (Å²) in [5.74, 6) is 1.46. The number of guanidine groups is 1. The monoisotopic (exact) mass is 514 g/mol. The molecule has 1 N–H and O–H groups in total. The fourth-order valence-electron chi connectivity index (χ4n) is 3.28. The topological polar surface area (TPSA) is 64.1 Å². The quantitative estimate of drug-likeness (QED) is 0.250. The van der Waals surface area contributed by atoms with Gasteiger partial charge in [-0.25, -0.2) is 4.99 Å². The SMILES string of the molecule is C=CCNC(=NCC(=O)N(C)C)N(C)CCC1CCN(c2ccncc2)CC1.I. The van der Waals surface area contributed by atoms with Gasteiger partial charge in [0.2, 0.25) is 5.91 Å². The van der Waals surface area contributed by atoms with E-state index in [0.29, 0.717) is 12.5 Å². The van der Waals surface area contributed by atoms with E-state index in [0.717, 1.165) is 32.0 Å². The van der Waals surface area contributed by atoms with Crippen molar-refractivity contribution in [2.24, 2.45) is 10.9 Å². The van der Waals surface area contributed by atoms with Crippen molar-refractivity contribution >= 4 is 41.5 Å². The number of carbonyl (C=O) groups is 1. The smallest absolute Gasteiger partial charge is 0.243 e. The Morgan fingerprint density at radius 1 is 1.31 bits per heavy atom. The molecule has 1 saturated heterocycles. The highest BCUT2D eigenvalue weighted by Crippen LogP contribution is 2.24. The Balaban J connectivity index is 0.00000420. The molecule has 29 heavy (non-hydrogen) atoms. The van der Waals surface area contributed by atoms with Crippen molar-refractivity contribution in [3.63, 3.8) is 0 Å². The van der Waals surface area contributed by atoms with Gasteiger partial charge in [-0.2, -0.15) is 0 Å². The summed E-state index contributed by atoms with van der Waals surface area (Å²) in [6.45, 7) is 7.62. The van der Waals surface area contributed by atoms with Gasteiger partial charge >= 0.3 is 0 Å². The molecule has 2 heterocycles. The lowest BCUT2D eigenvalue weighted by molar-refractivity contribution is -0.127. The van der Waals surface area contributed by atoms with Crippen molar-refractivity contribution in [1.29, 1.82) is 0 Å². The number of piperidine rings is 1. The van der Waals surface area contributed by atoms with E-state index in [4.69, 9.17) is 0 Å². The van der Waals surface area contributed by atoms with E-state index in [9.17, 15) is 4.79 Å². The van der Waals surface area contributed by atoms with Crippen LogP contribution in [0, 0.1) is 5.92 Å². The molecule has 1 aliphatic rings.